The standard InChI is InChI=1S/C21H21ClFN3O4/c1-14-10-24(13-30-21-8-7-18(26(28)29)9-19(21)22)15(2)20(12-27)25(14)11-16-3-5-17(23)6-4-16/h3-9,14-15H,10-11,13H2,1-2H3/t14-,15+/m1/s1. The van der Waals surface area contributed by atoms with Crippen molar-refractivity contribution in [1.29, 1.82) is 0 Å². The Hall–Kier alpha value is -2.93. The fraction of sp³-hybridized carbons (Fsp3) is 0.333. The molecule has 2 aromatic rings. The van der Waals surface area contributed by atoms with E-state index in [1.165, 1.54) is 30.3 Å². The van der Waals surface area contributed by atoms with Crippen LogP contribution in [0.5, 0.6) is 5.75 Å². The average Bonchev–Trinajstić information content (AvgIpc) is 2.71. The SMILES string of the molecule is C[C@@H]1CN(COc2ccc([N+](=O)[O-])cc2Cl)[C@@H](C)C(=C=O)N1Cc1ccc(F)cc1. The molecule has 0 amide bonds. The molecule has 0 spiro atoms. The van der Waals surface area contributed by atoms with E-state index in [1.54, 1.807) is 12.1 Å². The van der Waals surface area contributed by atoms with Gasteiger partial charge in [-0.3, -0.25) is 15.0 Å². The predicted octanol–water partition coefficient (Wildman–Crippen LogP) is 4.03. The van der Waals surface area contributed by atoms with Gasteiger partial charge in [-0.2, -0.15) is 0 Å². The van der Waals surface area contributed by atoms with Crippen LogP contribution in [-0.4, -0.2) is 46.0 Å². The van der Waals surface area contributed by atoms with Crippen molar-refractivity contribution in [2.75, 3.05) is 13.3 Å². The Bertz CT molecular complexity index is 979. The number of piperazine rings is 1. The van der Waals surface area contributed by atoms with Gasteiger partial charge in [0.25, 0.3) is 5.69 Å². The van der Waals surface area contributed by atoms with Crippen LogP contribution < -0.4 is 4.74 Å². The van der Waals surface area contributed by atoms with E-state index in [4.69, 9.17) is 16.3 Å². The molecular formula is C21H21ClFN3O4. The highest BCUT2D eigenvalue weighted by atomic mass is 35.5. The quantitative estimate of drug-likeness (QED) is 0.389. The van der Waals surface area contributed by atoms with Gasteiger partial charge in [0.15, 0.2) is 0 Å². The van der Waals surface area contributed by atoms with Crippen molar-refractivity contribution in [3.8, 4) is 5.75 Å². The van der Waals surface area contributed by atoms with Crippen LogP contribution in [0.2, 0.25) is 5.02 Å². The number of nitrogens with zero attached hydrogens (tertiary/aromatic N) is 3. The third-order valence-corrected chi connectivity index (χ3v) is 5.46. The summed E-state index contributed by atoms with van der Waals surface area (Å²) in [6.07, 6.45) is 0. The van der Waals surface area contributed by atoms with Gasteiger partial charge in [0.2, 0.25) is 0 Å². The number of hydrogen-bond donors (Lipinski definition) is 0. The number of rotatable bonds is 6. The second kappa shape index (κ2) is 9.26. The molecule has 0 aliphatic carbocycles. The van der Waals surface area contributed by atoms with Crippen LogP contribution in [0, 0.1) is 15.9 Å². The minimum Gasteiger partial charge on any atom is -0.477 e. The Morgan fingerprint density at radius 3 is 2.57 bits per heavy atom. The second-order valence-electron chi connectivity index (χ2n) is 7.18. The van der Waals surface area contributed by atoms with Crippen LogP contribution in [0.15, 0.2) is 48.2 Å². The number of hydrogen-bond acceptors (Lipinski definition) is 6. The fourth-order valence-corrected chi connectivity index (χ4v) is 3.68. The first-order chi connectivity index (χ1) is 14.3. The summed E-state index contributed by atoms with van der Waals surface area (Å²) >= 11 is 6.09. The van der Waals surface area contributed by atoms with Gasteiger partial charge in [0.1, 0.15) is 29.9 Å². The topological polar surface area (TPSA) is 75.9 Å². The van der Waals surface area contributed by atoms with Crippen molar-refractivity contribution in [3.63, 3.8) is 0 Å². The van der Waals surface area contributed by atoms with E-state index < -0.39 is 4.92 Å². The zero-order valence-corrected chi connectivity index (χ0v) is 17.3. The summed E-state index contributed by atoms with van der Waals surface area (Å²) in [6.45, 7) is 5.10. The Kier molecular flexibility index (Phi) is 6.72. The second-order valence-corrected chi connectivity index (χ2v) is 7.59. The highest BCUT2D eigenvalue weighted by Crippen LogP contribution is 2.30. The molecule has 3 rings (SSSR count). The summed E-state index contributed by atoms with van der Waals surface area (Å²) in [5.41, 5.74) is 1.26. The maximum absolute atomic E-state index is 13.2. The van der Waals surface area contributed by atoms with E-state index in [2.05, 4.69) is 0 Å². The Morgan fingerprint density at radius 2 is 1.97 bits per heavy atom. The van der Waals surface area contributed by atoms with E-state index in [-0.39, 0.29) is 35.3 Å². The van der Waals surface area contributed by atoms with Crippen molar-refractivity contribution in [2.45, 2.75) is 32.5 Å². The normalized spacial score (nSPS) is 19.5. The summed E-state index contributed by atoms with van der Waals surface area (Å²) in [5.74, 6) is 2.06. The van der Waals surface area contributed by atoms with Crippen molar-refractivity contribution >= 4 is 23.2 Å². The number of nitro benzene ring substituents is 1. The van der Waals surface area contributed by atoms with Gasteiger partial charge in [0.05, 0.1) is 16.0 Å². The van der Waals surface area contributed by atoms with Crippen molar-refractivity contribution in [3.05, 3.63) is 74.7 Å². The molecular weight excluding hydrogens is 413 g/mol. The van der Waals surface area contributed by atoms with Gasteiger partial charge in [-0.15, -0.1) is 0 Å². The third-order valence-electron chi connectivity index (χ3n) is 5.17. The van der Waals surface area contributed by atoms with Crippen LogP contribution in [0.4, 0.5) is 10.1 Å². The molecule has 0 bridgehead atoms. The minimum atomic E-state index is -0.527. The van der Waals surface area contributed by atoms with Crippen LogP contribution in [0.3, 0.4) is 0 Å². The zero-order valence-electron chi connectivity index (χ0n) is 16.5. The van der Waals surface area contributed by atoms with Gasteiger partial charge < -0.3 is 9.64 Å². The number of nitro groups is 1. The van der Waals surface area contributed by atoms with E-state index in [0.717, 1.165) is 5.56 Å². The van der Waals surface area contributed by atoms with Crippen LogP contribution in [0.25, 0.3) is 0 Å². The molecule has 2 atom stereocenters. The summed E-state index contributed by atoms with van der Waals surface area (Å²) in [4.78, 5) is 26.0. The summed E-state index contributed by atoms with van der Waals surface area (Å²) in [7, 11) is 0. The summed E-state index contributed by atoms with van der Waals surface area (Å²) in [5, 5.41) is 11.0. The molecule has 158 valence electrons. The number of non-ortho nitro benzene ring substituents is 1. The van der Waals surface area contributed by atoms with Gasteiger partial charge in [-0.05, 0) is 37.6 Å². The largest absolute Gasteiger partial charge is 0.477 e. The van der Waals surface area contributed by atoms with Crippen molar-refractivity contribution in [2.24, 2.45) is 0 Å². The van der Waals surface area contributed by atoms with E-state index in [9.17, 15) is 19.3 Å². The molecule has 0 saturated carbocycles. The lowest BCUT2D eigenvalue weighted by Gasteiger charge is -2.45. The van der Waals surface area contributed by atoms with Gasteiger partial charge in [0, 0.05) is 31.3 Å². The molecule has 0 radical (unpaired) electrons. The molecule has 9 heteroatoms. The Balaban J connectivity index is 1.69. The monoisotopic (exact) mass is 433 g/mol. The maximum atomic E-state index is 13.2. The maximum Gasteiger partial charge on any atom is 0.271 e. The summed E-state index contributed by atoms with van der Waals surface area (Å²) in [6, 6.07) is 9.91. The summed E-state index contributed by atoms with van der Waals surface area (Å²) < 4.78 is 18.9. The van der Waals surface area contributed by atoms with E-state index in [0.29, 0.717) is 24.5 Å². The molecule has 30 heavy (non-hydrogen) atoms. The van der Waals surface area contributed by atoms with Crippen molar-refractivity contribution in [1.82, 2.24) is 9.80 Å². The Morgan fingerprint density at radius 1 is 1.27 bits per heavy atom. The smallest absolute Gasteiger partial charge is 0.271 e. The molecule has 0 unspecified atom stereocenters. The zero-order chi connectivity index (χ0) is 21.8. The van der Waals surface area contributed by atoms with Crippen LogP contribution in [0.1, 0.15) is 19.4 Å². The lowest BCUT2D eigenvalue weighted by atomic mass is 10.0. The number of carbonyl (C=O) groups excluding carboxylic acids is 1. The molecule has 1 aliphatic heterocycles. The van der Waals surface area contributed by atoms with Gasteiger partial charge >= 0.3 is 0 Å². The average molecular weight is 434 g/mol. The fourth-order valence-electron chi connectivity index (χ4n) is 3.46. The molecule has 7 nitrogen and oxygen atoms in total. The predicted molar refractivity (Wildman–Crippen MR) is 110 cm³/mol. The van der Waals surface area contributed by atoms with Crippen LogP contribution in [-0.2, 0) is 11.3 Å². The number of halogens is 2. The third kappa shape index (κ3) is 4.79. The first-order valence-corrected chi connectivity index (χ1v) is 9.74. The van der Waals surface area contributed by atoms with E-state index in [1.807, 2.05) is 29.6 Å². The highest BCUT2D eigenvalue weighted by molar-refractivity contribution is 6.32. The van der Waals surface area contributed by atoms with E-state index >= 15 is 0 Å². The van der Waals surface area contributed by atoms with Gasteiger partial charge in [-0.1, -0.05) is 23.7 Å². The molecule has 0 aromatic heterocycles. The molecule has 1 saturated heterocycles. The first kappa shape index (κ1) is 21.8. The molecule has 1 aliphatic rings. The molecule has 1 heterocycles. The first-order valence-electron chi connectivity index (χ1n) is 9.37. The highest BCUT2D eigenvalue weighted by Gasteiger charge is 2.34. The Labute approximate surface area is 178 Å². The lowest BCUT2D eigenvalue weighted by molar-refractivity contribution is -0.384. The molecule has 0 N–H and O–H groups in total. The minimum absolute atomic E-state index is 0.0152. The molecule has 2 aromatic carbocycles. The molecule has 1 fully saturated rings. The number of ether oxygens (including phenoxy) is 1. The van der Waals surface area contributed by atoms with Crippen molar-refractivity contribution < 1.29 is 18.8 Å². The van der Waals surface area contributed by atoms with Crippen LogP contribution >= 0.6 is 11.6 Å². The number of benzene rings is 2. The van der Waals surface area contributed by atoms with Gasteiger partial charge in [-0.25, -0.2) is 9.18 Å². The lowest BCUT2D eigenvalue weighted by Crippen LogP contribution is -2.55.